The molecule has 9 saturated carbocycles. The molecule has 2 aromatic rings. The quantitative estimate of drug-likeness (QED) is 0.155. The summed E-state index contributed by atoms with van der Waals surface area (Å²) in [7, 11) is 1.36. The van der Waals surface area contributed by atoms with E-state index in [0.29, 0.717) is 49.3 Å². The third kappa shape index (κ3) is 8.97. The fourth-order valence-electron chi connectivity index (χ4n) is 14.8. The van der Waals surface area contributed by atoms with Gasteiger partial charge in [0.15, 0.2) is 0 Å². The zero-order valence-corrected chi connectivity index (χ0v) is 47.7. The summed E-state index contributed by atoms with van der Waals surface area (Å²) in [5, 5.41) is 0. The first-order valence-corrected chi connectivity index (χ1v) is 27.1. The monoisotopic (exact) mass is 1110 g/mol. The normalized spacial score (nSPS) is 36.6. The average Bonchev–Trinajstić information content (AvgIpc) is 3.94. The van der Waals surface area contributed by atoms with Crippen LogP contribution in [0.1, 0.15) is 163 Å². The third-order valence-corrected chi connectivity index (χ3v) is 19.9. The van der Waals surface area contributed by atoms with E-state index < -0.39 is 47.5 Å². The Kier molecular flexibility index (Phi) is 13.6. The Labute approximate surface area is 440 Å². The van der Waals surface area contributed by atoms with Gasteiger partial charge in [0.05, 0.1) is 52.9 Å². The van der Waals surface area contributed by atoms with Crippen LogP contribution in [0.3, 0.4) is 0 Å². The van der Waals surface area contributed by atoms with Gasteiger partial charge in [-0.1, -0.05) is 41.5 Å². The predicted octanol–water partition coefficient (Wildman–Crippen LogP) is 10.6. The molecule has 12 fully saturated rings. The van der Waals surface area contributed by atoms with Gasteiger partial charge in [0.2, 0.25) is 0 Å². The van der Waals surface area contributed by atoms with Crippen LogP contribution in [-0.4, -0.2) is 93.6 Å². The second kappa shape index (κ2) is 18.1. The average molecular weight is 1110 g/mol. The molecule has 3 aliphatic heterocycles. The van der Waals surface area contributed by atoms with Crippen molar-refractivity contribution in [2.24, 2.45) is 51.8 Å². The number of hydrogen-bond acceptors (Lipinski definition) is 12. The second-order valence-electron chi connectivity index (χ2n) is 26.5. The second-order valence-corrected chi connectivity index (χ2v) is 27.7. The fourth-order valence-corrected chi connectivity index (χ4v) is 15.6. The number of carbonyl (C=O) groups is 2. The Hall–Kier alpha value is -2.48. The highest BCUT2D eigenvalue weighted by molar-refractivity contribution is 14.1. The van der Waals surface area contributed by atoms with Crippen LogP contribution in [0.15, 0.2) is 24.3 Å². The van der Waals surface area contributed by atoms with E-state index in [2.05, 4.69) is 62.3 Å². The Morgan fingerprint density at radius 2 is 0.917 bits per heavy atom. The summed E-state index contributed by atoms with van der Waals surface area (Å²) >= 11 is 1.91. The van der Waals surface area contributed by atoms with E-state index >= 15 is 0 Å². The van der Waals surface area contributed by atoms with Gasteiger partial charge in [0.1, 0.15) is 45.5 Å². The van der Waals surface area contributed by atoms with Crippen LogP contribution in [0.25, 0.3) is 0 Å². The summed E-state index contributed by atoms with van der Waals surface area (Å²) in [5.41, 5.74) is -0.678. The summed E-state index contributed by atoms with van der Waals surface area (Å²) < 4.78 is 88.3. The van der Waals surface area contributed by atoms with Crippen LogP contribution in [0.2, 0.25) is 0 Å². The number of esters is 2. The summed E-state index contributed by atoms with van der Waals surface area (Å²) in [5.74, 6) is 1.98. The lowest BCUT2D eigenvalue weighted by Gasteiger charge is -2.64. The summed E-state index contributed by atoms with van der Waals surface area (Å²) in [4.78, 5) is 24.5. The topological polar surface area (TPSA) is 126 Å². The molecule has 72 heavy (non-hydrogen) atoms. The molecular weight excluding hydrogens is 1040 g/mol. The van der Waals surface area contributed by atoms with Gasteiger partial charge in [-0.25, -0.2) is 18.4 Å². The van der Waals surface area contributed by atoms with Crippen LogP contribution in [0.4, 0.5) is 8.78 Å². The Morgan fingerprint density at radius 3 is 1.29 bits per heavy atom. The third-order valence-electron chi connectivity index (χ3n) is 19.1. The van der Waals surface area contributed by atoms with Crippen molar-refractivity contribution in [1.29, 1.82) is 0 Å². The maximum atomic E-state index is 14.5. The number of hydrogen-bond donors (Lipinski definition) is 0. The zero-order valence-electron chi connectivity index (χ0n) is 45.5. The first-order chi connectivity index (χ1) is 33.2. The van der Waals surface area contributed by atoms with E-state index in [0.717, 1.165) is 49.7 Å². The fraction of sp³-hybridized carbons (Fsp3) is 0.741. The molecule has 394 valence electrons. The highest BCUT2D eigenvalue weighted by Gasteiger charge is 2.74. The molecule has 18 heteroatoms. The molecule has 0 amide bonds. The van der Waals surface area contributed by atoms with E-state index in [4.69, 9.17) is 46.9 Å². The Bertz CT molecular complexity index is 2420. The first kappa shape index (κ1) is 54.3. The molecule has 12 atom stereocenters. The van der Waals surface area contributed by atoms with Crippen molar-refractivity contribution >= 4 is 61.1 Å². The molecule has 3 saturated heterocycles. The van der Waals surface area contributed by atoms with E-state index in [9.17, 15) is 18.4 Å². The molecule has 0 spiro atoms. The highest BCUT2D eigenvalue weighted by Crippen LogP contribution is 2.69. The minimum Gasteiger partial charge on any atom is -0.496 e. The number of halogens is 3. The van der Waals surface area contributed by atoms with E-state index in [1.165, 1.54) is 39.2 Å². The molecule has 9 aliphatic carbocycles. The first-order valence-electron chi connectivity index (χ1n) is 26.0. The van der Waals surface area contributed by atoms with Gasteiger partial charge >= 0.3 is 33.1 Å². The summed E-state index contributed by atoms with van der Waals surface area (Å²) in [6.45, 7) is 31.3. The van der Waals surface area contributed by atoms with Crippen molar-refractivity contribution in [3.05, 3.63) is 50.6 Å². The lowest BCUT2D eigenvalue weighted by atomic mass is 9.43. The minimum absolute atomic E-state index is 0.0364. The number of carbonyl (C=O) groups excluding carboxylic acids is 2. The lowest BCUT2D eigenvalue weighted by molar-refractivity contribution is -0.200. The van der Waals surface area contributed by atoms with E-state index in [1.807, 2.05) is 22.6 Å². The van der Waals surface area contributed by atoms with Gasteiger partial charge in [-0.05, 0) is 199 Å². The van der Waals surface area contributed by atoms with Crippen molar-refractivity contribution in [2.45, 2.75) is 189 Å². The molecular formula is C54H76B3F2IO12. The van der Waals surface area contributed by atoms with Crippen LogP contribution < -0.4 is 14.9 Å². The molecule has 12 aliphatic rings. The maximum Gasteiger partial charge on any atom is 0.498 e. The standard InChI is InChI=1S/C22H30BFO5.C20H32B2O4.C12H14FIO3/c1-20(2,3)27-19(25)14-10-13(24)11-15(18(14)26-7)23-28-17-9-12-8-16(21(12,4)5)22(17,6)29-23;1-17(2)11-7-13(17)19(5)15(9-11)23-21(25-19)22-24-16-10-12-8-14(18(12,3)4)20(16,6)26-22;1-12(2,3)17-11(15)8-5-7(13)6-9(14)10(8)16-4/h10-12,16-17H,8-9H2,1-7H3;11-16H,7-10H2,1-6H3;5-6H,1-4H3/t12-,16-,17?,22-;11-,12-,13-,14-,15?,16?,19-,20-;/m00./s1. The number of rotatable bonds is 6. The molecule has 6 bridgehead atoms. The van der Waals surface area contributed by atoms with Crippen molar-refractivity contribution in [2.75, 3.05) is 14.2 Å². The molecule has 0 radical (unpaired) electrons. The number of benzene rings is 2. The lowest BCUT2D eigenvalue weighted by Crippen LogP contribution is -2.65. The summed E-state index contributed by atoms with van der Waals surface area (Å²) in [6, 6.07) is 4.88. The van der Waals surface area contributed by atoms with Crippen LogP contribution in [0, 0.1) is 67.0 Å². The van der Waals surface area contributed by atoms with Gasteiger partial charge in [0, 0.05) is 5.46 Å². The number of methoxy groups -OCH3 is 2. The molecule has 0 aromatic heterocycles. The van der Waals surface area contributed by atoms with Gasteiger partial charge in [0.25, 0.3) is 0 Å². The van der Waals surface area contributed by atoms with Crippen molar-refractivity contribution in [3.63, 3.8) is 0 Å². The predicted molar refractivity (Wildman–Crippen MR) is 279 cm³/mol. The van der Waals surface area contributed by atoms with Crippen molar-refractivity contribution < 1.29 is 65.2 Å². The van der Waals surface area contributed by atoms with Crippen LogP contribution in [-0.2, 0) is 37.4 Å². The molecule has 2 aromatic carbocycles. The van der Waals surface area contributed by atoms with E-state index in [1.54, 1.807) is 41.5 Å². The summed E-state index contributed by atoms with van der Waals surface area (Å²) in [6.07, 6.45) is 7.16. The molecule has 12 nitrogen and oxygen atoms in total. The minimum atomic E-state index is -0.785. The van der Waals surface area contributed by atoms with Gasteiger partial charge in [-0.2, -0.15) is 0 Å². The molecule has 3 unspecified atom stereocenters. The highest BCUT2D eigenvalue weighted by atomic mass is 127. The molecule has 3 heterocycles. The maximum absolute atomic E-state index is 14.5. The molecule has 14 rings (SSSR count). The SMILES string of the molecule is CC1(C)[C@@H]2CC3OB(B4OC5C[C@@H]6C[C@@H](C6(C)C)[C@]5(C)O4)O[C@@]3(C)[C@H]1C2.COc1c(B2OC3C[C@@H]4C[C@@H](C4(C)C)[C@]3(C)O2)cc(F)cc1C(=O)OC(C)(C)C.COc1c(I)cc(F)cc1C(=O)OC(C)(C)C. The van der Waals surface area contributed by atoms with Gasteiger partial charge in [-0.3, -0.25) is 0 Å². The van der Waals surface area contributed by atoms with E-state index in [-0.39, 0.29) is 65.8 Å². The van der Waals surface area contributed by atoms with Crippen LogP contribution >= 0.6 is 22.6 Å². The number of ether oxygens (including phenoxy) is 4. The van der Waals surface area contributed by atoms with Gasteiger partial charge < -0.3 is 46.9 Å². The molecule has 0 N–H and O–H groups in total. The Morgan fingerprint density at radius 1 is 0.556 bits per heavy atom. The Balaban J connectivity index is 0.000000138. The largest absolute Gasteiger partial charge is 0.498 e. The smallest absolute Gasteiger partial charge is 0.496 e. The van der Waals surface area contributed by atoms with Gasteiger partial charge in [-0.15, -0.1) is 0 Å². The van der Waals surface area contributed by atoms with Crippen molar-refractivity contribution in [3.8, 4) is 11.5 Å². The van der Waals surface area contributed by atoms with Crippen LogP contribution in [0.5, 0.6) is 11.5 Å². The zero-order chi connectivity index (χ0) is 52.8. The van der Waals surface area contributed by atoms with Crippen molar-refractivity contribution in [1.82, 2.24) is 0 Å².